The number of aliphatic hydroxyl groups is 1. The fourth-order valence-corrected chi connectivity index (χ4v) is 7.39. The topological polar surface area (TPSA) is 118 Å². The lowest BCUT2D eigenvalue weighted by atomic mass is 10.0. The molecule has 4 heterocycles. The average molecular weight is 588 g/mol. The summed E-state index contributed by atoms with van der Waals surface area (Å²) in [5.74, 6) is 1.41. The van der Waals surface area contributed by atoms with Crippen LogP contribution in [-0.4, -0.2) is 83.5 Å². The van der Waals surface area contributed by atoms with Crippen LogP contribution in [0.2, 0.25) is 0 Å². The fourth-order valence-electron chi connectivity index (χ4n) is 5.03. The highest BCUT2D eigenvalue weighted by molar-refractivity contribution is 7.89. The van der Waals surface area contributed by atoms with Gasteiger partial charge in [0.05, 0.1) is 41.1 Å². The SMILES string of the molecule is COc1cnc(N2CCC(Oc3nc4ccc(C5=CCN(S(=O)(=O)CCCC(C)(C)O)CC5)cc4s3)CC2)nc1. The van der Waals surface area contributed by atoms with E-state index in [4.69, 9.17) is 14.5 Å². The molecule has 1 aromatic carbocycles. The molecule has 10 nitrogen and oxygen atoms in total. The van der Waals surface area contributed by atoms with E-state index in [-0.39, 0.29) is 11.9 Å². The van der Waals surface area contributed by atoms with Gasteiger partial charge in [-0.1, -0.05) is 23.5 Å². The molecule has 5 rings (SSSR count). The van der Waals surface area contributed by atoms with E-state index in [1.54, 1.807) is 49.0 Å². The van der Waals surface area contributed by atoms with Crippen LogP contribution in [0.15, 0.2) is 36.7 Å². The van der Waals surface area contributed by atoms with Gasteiger partial charge in [-0.2, -0.15) is 4.31 Å². The second-order valence-corrected chi connectivity index (χ2v) is 14.0. The molecule has 0 saturated carbocycles. The molecule has 216 valence electrons. The molecule has 12 heteroatoms. The Labute approximate surface area is 239 Å². The zero-order valence-electron chi connectivity index (χ0n) is 23.2. The van der Waals surface area contributed by atoms with E-state index in [1.807, 2.05) is 12.1 Å². The van der Waals surface area contributed by atoms with Gasteiger partial charge in [-0.3, -0.25) is 0 Å². The predicted octanol–water partition coefficient (Wildman–Crippen LogP) is 4.11. The van der Waals surface area contributed by atoms with Crippen molar-refractivity contribution in [3.05, 3.63) is 42.2 Å². The van der Waals surface area contributed by atoms with Crippen molar-refractivity contribution in [2.75, 3.05) is 43.9 Å². The zero-order valence-corrected chi connectivity index (χ0v) is 24.9. The molecule has 2 aliphatic heterocycles. The van der Waals surface area contributed by atoms with Crippen LogP contribution >= 0.6 is 11.3 Å². The molecule has 0 aliphatic carbocycles. The van der Waals surface area contributed by atoms with E-state index in [0.29, 0.717) is 49.2 Å². The monoisotopic (exact) mass is 587 g/mol. The summed E-state index contributed by atoms with van der Waals surface area (Å²) < 4.78 is 39.5. The largest absolute Gasteiger partial charge is 0.494 e. The summed E-state index contributed by atoms with van der Waals surface area (Å²) in [5, 5.41) is 10.5. The summed E-state index contributed by atoms with van der Waals surface area (Å²) in [5.41, 5.74) is 2.29. The highest BCUT2D eigenvalue weighted by Gasteiger charge is 2.26. The second kappa shape index (κ2) is 12.0. The first-order valence-corrected chi connectivity index (χ1v) is 16.1. The van der Waals surface area contributed by atoms with Crippen LogP contribution in [0.4, 0.5) is 5.95 Å². The van der Waals surface area contributed by atoms with Gasteiger partial charge in [-0.05, 0) is 56.4 Å². The number of hydrogen-bond acceptors (Lipinski definition) is 10. The Hall–Kier alpha value is -2.80. The maximum Gasteiger partial charge on any atom is 0.274 e. The Morgan fingerprint density at radius 1 is 1.15 bits per heavy atom. The number of sulfonamides is 1. The number of fused-ring (bicyclic) bond motifs is 1. The molecule has 1 fully saturated rings. The number of methoxy groups -OCH3 is 1. The molecule has 0 amide bonds. The first kappa shape index (κ1) is 28.7. The third-order valence-electron chi connectivity index (χ3n) is 7.34. The molecule has 3 aromatic rings. The number of anilines is 1. The standard InChI is InChI=1S/C28H37N5O5S2/c1-28(2,34)11-4-16-40(35,36)33-14-7-20(8-15-33)21-5-6-24-25(17-21)39-27(31-24)38-22-9-12-32(13-10-22)26-29-18-23(37-3)19-30-26/h5-7,17-19,22,34H,4,8-16H2,1-3H3. The Morgan fingerprint density at radius 3 is 2.55 bits per heavy atom. The van der Waals surface area contributed by atoms with Gasteiger partial charge in [0.1, 0.15) is 6.10 Å². The summed E-state index contributed by atoms with van der Waals surface area (Å²) in [6.45, 7) is 5.86. The summed E-state index contributed by atoms with van der Waals surface area (Å²) >= 11 is 1.55. The zero-order chi connectivity index (χ0) is 28.3. The number of benzene rings is 1. The first-order chi connectivity index (χ1) is 19.1. The third kappa shape index (κ3) is 7.09. The lowest BCUT2D eigenvalue weighted by Crippen LogP contribution is -2.39. The van der Waals surface area contributed by atoms with Gasteiger partial charge in [-0.15, -0.1) is 0 Å². The highest BCUT2D eigenvalue weighted by atomic mass is 32.2. The number of hydrogen-bond donors (Lipinski definition) is 1. The van der Waals surface area contributed by atoms with Gasteiger partial charge in [0.25, 0.3) is 5.19 Å². The van der Waals surface area contributed by atoms with Crippen molar-refractivity contribution in [1.29, 1.82) is 0 Å². The highest BCUT2D eigenvalue weighted by Crippen LogP contribution is 2.33. The van der Waals surface area contributed by atoms with E-state index in [1.165, 1.54) is 0 Å². The summed E-state index contributed by atoms with van der Waals surface area (Å²) in [4.78, 5) is 15.6. The number of ether oxygens (including phenoxy) is 2. The van der Waals surface area contributed by atoms with Gasteiger partial charge in [-0.25, -0.2) is 23.4 Å². The van der Waals surface area contributed by atoms with E-state index in [0.717, 1.165) is 47.3 Å². The minimum atomic E-state index is -3.34. The molecule has 2 aliphatic rings. The molecule has 2 aromatic heterocycles. The van der Waals surface area contributed by atoms with Gasteiger partial charge in [0.15, 0.2) is 5.75 Å². The third-order valence-corrected chi connectivity index (χ3v) is 10.2. The molecule has 0 bridgehead atoms. The molecule has 0 atom stereocenters. The minimum Gasteiger partial charge on any atom is -0.494 e. The van der Waals surface area contributed by atoms with Crippen LogP contribution in [0.5, 0.6) is 10.9 Å². The first-order valence-electron chi connectivity index (χ1n) is 13.7. The summed E-state index contributed by atoms with van der Waals surface area (Å²) in [6, 6.07) is 6.19. The van der Waals surface area contributed by atoms with E-state index >= 15 is 0 Å². The number of nitrogens with zero attached hydrogens (tertiary/aromatic N) is 5. The van der Waals surface area contributed by atoms with Crippen LogP contribution in [0.1, 0.15) is 51.5 Å². The van der Waals surface area contributed by atoms with Crippen molar-refractivity contribution in [1.82, 2.24) is 19.3 Å². The molecular formula is C28H37N5O5S2. The van der Waals surface area contributed by atoms with E-state index in [9.17, 15) is 13.5 Å². The van der Waals surface area contributed by atoms with Crippen molar-refractivity contribution < 1.29 is 23.0 Å². The quantitative estimate of drug-likeness (QED) is 0.374. The van der Waals surface area contributed by atoms with Crippen molar-refractivity contribution in [3.8, 4) is 10.9 Å². The summed E-state index contributed by atoms with van der Waals surface area (Å²) in [7, 11) is -1.74. The maximum atomic E-state index is 12.8. The van der Waals surface area contributed by atoms with Gasteiger partial charge >= 0.3 is 0 Å². The molecular weight excluding hydrogens is 550 g/mol. The molecule has 1 N–H and O–H groups in total. The number of thiazole rings is 1. The number of aromatic nitrogens is 3. The van der Waals surface area contributed by atoms with Crippen LogP contribution in [0, 0.1) is 0 Å². The normalized spacial score (nSPS) is 17.7. The predicted molar refractivity (Wildman–Crippen MR) is 158 cm³/mol. The average Bonchev–Trinajstić information content (AvgIpc) is 3.34. The molecule has 0 unspecified atom stereocenters. The Bertz CT molecular complexity index is 1440. The Morgan fingerprint density at radius 2 is 1.90 bits per heavy atom. The van der Waals surface area contributed by atoms with E-state index in [2.05, 4.69) is 27.0 Å². The molecule has 1 saturated heterocycles. The number of piperidine rings is 1. The fraction of sp³-hybridized carbons (Fsp3) is 0.536. The van der Waals surface area contributed by atoms with Crippen molar-refractivity contribution in [3.63, 3.8) is 0 Å². The maximum absolute atomic E-state index is 12.8. The van der Waals surface area contributed by atoms with E-state index < -0.39 is 15.6 Å². The van der Waals surface area contributed by atoms with Crippen LogP contribution < -0.4 is 14.4 Å². The lowest BCUT2D eigenvalue weighted by Gasteiger charge is -2.31. The Balaban J connectivity index is 1.16. The van der Waals surface area contributed by atoms with Gasteiger partial charge in [0.2, 0.25) is 16.0 Å². The van der Waals surface area contributed by atoms with Gasteiger partial charge < -0.3 is 19.5 Å². The molecule has 0 spiro atoms. The summed E-state index contributed by atoms with van der Waals surface area (Å²) in [6.07, 6.45) is 8.76. The van der Waals surface area contributed by atoms with Crippen LogP contribution in [-0.2, 0) is 10.0 Å². The lowest BCUT2D eigenvalue weighted by molar-refractivity contribution is 0.0704. The van der Waals surface area contributed by atoms with Crippen LogP contribution in [0.25, 0.3) is 15.8 Å². The minimum absolute atomic E-state index is 0.0596. The van der Waals surface area contributed by atoms with Crippen molar-refractivity contribution in [2.45, 2.75) is 57.7 Å². The van der Waals surface area contributed by atoms with Crippen LogP contribution in [0.3, 0.4) is 0 Å². The molecule has 40 heavy (non-hydrogen) atoms. The van der Waals surface area contributed by atoms with Crippen molar-refractivity contribution >= 4 is 43.1 Å². The van der Waals surface area contributed by atoms with Gasteiger partial charge in [0, 0.05) is 39.0 Å². The van der Waals surface area contributed by atoms with Crippen molar-refractivity contribution in [2.24, 2.45) is 0 Å². The molecule has 0 radical (unpaired) electrons. The smallest absolute Gasteiger partial charge is 0.274 e. The second-order valence-electron chi connectivity index (χ2n) is 11.0. The Kier molecular flexibility index (Phi) is 8.60. The number of rotatable bonds is 10.